The third kappa shape index (κ3) is 57.5. The zero-order valence-corrected chi connectivity index (χ0v) is 84.0. The van der Waals surface area contributed by atoms with E-state index in [9.17, 15) is 63.0 Å². The van der Waals surface area contributed by atoms with Crippen molar-refractivity contribution < 1.29 is 150 Å². The number of carboxylic acids is 2. The van der Waals surface area contributed by atoms with Gasteiger partial charge in [0.05, 0.1) is 75.8 Å². The summed E-state index contributed by atoms with van der Waals surface area (Å²) in [4.78, 5) is 145. The maximum atomic E-state index is 14.8. The van der Waals surface area contributed by atoms with Crippen LogP contribution in [0.2, 0.25) is 0 Å². The van der Waals surface area contributed by atoms with Crippen LogP contribution in [0.15, 0.2) is 29.6 Å². The highest BCUT2D eigenvalue weighted by atomic mass is 33.1. The third-order valence-corrected chi connectivity index (χ3v) is 23.5. The maximum absolute atomic E-state index is 14.8. The van der Waals surface area contributed by atoms with Crippen LogP contribution in [0.1, 0.15) is 212 Å². The first kappa shape index (κ1) is 126. The van der Waals surface area contributed by atoms with Crippen LogP contribution in [0.5, 0.6) is 5.75 Å². The van der Waals surface area contributed by atoms with Crippen molar-refractivity contribution in [2.75, 3.05) is 159 Å². The molecule has 15 N–H and O–H groups in total. The van der Waals surface area contributed by atoms with Crippen molar-refractivity contribution in [3.63, 3.8) is 0 Å². The van der Waals surface area contributed by atoms with Gasteiger partial charge in [-0.3, -0.25) is 38.5 Å². The van der Waals surface area contributed by atoms with Crippen molar-refractivity contribution in [3.8, 4) is 5.75 Å². The number of nitrogens with one attached hydrogen (secondary N) is 8. The molecule has 1 saturated heterocycles. The van der Waals surface area contributed by atoms with Gasteiger partial charge in [-0.05, 0) is 126 Å². The molecule has 15 atom stereocenters. The predicted octanol–water partition coefficient (Wildman–Crippen LogP) is 7.27. The van der Waals surface area contributed by atoms with Crippen LogP contribution < -0.4 is 47.3 Å². The fourth-order valence-electron chi connectivity index (χ4n) is 12.5. The summed E-state index contributed by atoms with van der Waals surface area (Å²) in [5.74, 6) is -2.86. The van der Waals surface area contributed by atoms with Gasteiger partial charge in [0.25, 0.3) is 5.91 Å². The van der Waals surface area contributed by atoms with Gasteiger partial charge in [-0.1, -0.05) is 123 Å². The van der Waals surface area contributed by atoms with Crippen molar-refractivity contribution in [2.45, 2.75) is 272 Å². The molecular weight excluding hydrogens is 1820 g/mol. The Balaban J connectivity index is 0.00000261. The molecule has 1 aliphatic heterocycles. The number of amides is 9. The molecule has 0 saturated carbocycles. The number of benzene rings is 1. The van der Waals surface area contributed by atoms with E-state index in [1.807, 2.05) is 73.6 Å². The fraction of sp³-hybridized carbons (Fsp3) is 0.775. The number of likely N-dealkylation sites (N-methyl/N-ethyl adjacent to an activating group) is 1. The number of hydrogen-bond donors (Lipinski definition) is 15. The summed E-state index contributed by atoms with van der Waals surface area (Å²) < 4.78 is 67.9. The highest BCUT2D eigenvalue weighted by Crippen LogP contribution is 2.33. The van der Waals surface area contributed by atoms with Gasteiger partial charge in [-0.15, -0.1) is 11.3 Å². The smallest absolute Gasteiger partial charge is 0.412 e. The van der Waals surface area contributed by atoms with Gasteiger partial charge in [0.15, 0.2) is 25.2 Å². The van der Waals surface area contributed by atoms with E-state index in [-0.39, 0.29) is 188 Å². The van der Waals surface area contributed by atoms with Crippen molar-refractivity contribution in [1.29, 1.82) is 0 Å². The number of thiazole rings is 1. The van der Waals surface area contributed by atoms with Gasteiger partial charge < -0.3 is 145 Å². The fourth-order valence-corrected chi connectivity index (χ4v) is 14.4. The number of rotatable bonds is 68. The lowest BCUT2D eigenvalue weighted by Crippen LogP contribution is -2.58. The first-order valence-electron chi connectivity index (χ1n) is 46.0. The Labute approximate surface area is 802 Å². The monoisotopic (exact) mass is 1970 g/mol. The minimum atomic E-state index is -1.01. The van der Waals surface area contributed by atoms with E-state index in [0.29, 0.717) is 89.0 Å². The van der Waals surface area contributed by atoms with Crippen LogP contribution in [0.4, 0.5) is 19.2 Å². The molecule has 774 valence electrons. The number of ether oxygens (including phenoxy) is 13. The second-order valence-electron chi connectivity index (χ2n) is 31.5. The Kier molecular flexibility index (Phi) is 73.8. The van der Waals surface area contributed by atoms with E-state index in [1.165, 1.54) is 39.8 Å². The van der Waals surface area contributed by atoms with Crippen molar-refractivity contribution in [1.82, 2.24) is 57.3 Å². The molecule has 1 aliphatic rings. The highest BCUT2D eigenvalue weighted by Gasteiger charge is 2.39. The number of unbranched alkanes of at least 4 members (excludes halogenated alkanes) is 1. The lowest BCUT2D eigenvalue weighted by Gasteiger charge is -2.40. The predicted molar refractivity (Wildman–Crippen MR) is 505 cm³/mol. The van der Waals surface area contributed by atoms with E-state index < -0.39 is 97.6 Å². The molecule has 134 heavy (non-hydrogen) atoms. The Hall–Kier alpha value is -7.68. The molecule has 2 aromatic rings. The second-order valence-corrected chi connectivity index (χ2v) is 35.1. The van der Waals surface area contributed by atoms with Crippen LogP contribution in [-0.4, -0.2) is 349 Å². The topological polar surface area (TPSA) is 565 Å². The summed E-state index contributed by atoms with van der Waals surface area (Å²) in [6, 6.07) is 4.85. The number of aliphatic hydroxyl groups excluding tert-OH is 5. The highest BCUT2D eigenvalue weighted by molar-refractivity contribution is 8.76. The Morgan fingerprint density at radius 1 is 0.567 bits per heavy atom. The summed E-state index contributed by atoms with van der Waals surface area (Å²) >= 11 is 1.29. The molecule has 1 aromatic carbocycles. The molecule has 8 unspecified atom stereocenters. The molecule has 42 nitrogen and oxygen atoms in total. The standard InChI is InChI=1S/C57H94N8O14S.C14H28N2O6S2.C11H21NO7.C7H16O4/c1-11-28-65(54(70)50(38(7)13-3)63-52(69)45-19-15-18-29-64(45)9)46(37(5)6)33-47(76-30-12-2)53-62-44(36-80-53)51(68)61-41(31-39(8)55(71)72)32-40-20-22-43(23-21-40)79-57(74)59-26-17-16-25-58-48(67)24-27-60-56(73)77-35-49(75-10)78-42(14-4)34-66;1-4-11(9-17)22-13(20-2)10-21-14(19)16-6-5-12(18)15-7-8-24-23-3;1-3-8(6-13)19-10(17-2)7-18-11(16)12-5-4-9(14)15;1-3-6(4-8)11-7(5-9)10-2/h20-23,36-39,41-42,45-47,49-50,66H,11-19,24-35H2,1-10H3,(H,58,67)(H,59,74)(H,60,73)(H,61,68)(H,63,69)(H,71,72);11,13,17H,4-10H2,1-3H3,(H,15,18)(H,16,19);8,10,13H,3-7H2,1-2H3,(H,12,16)(H,14,15);6-9H,3-5H2,1-2H3/t38-,39-,41+,42?,45+,46+,47+,49?,50-;;;/m0.../s1. The van der Waals surface area contributed by atoms with E-state index in [2.05, 4.69) is 61.3 Å². The lowest BCUT2D eigenvalue weighted by molar-refractivity contribution is -0.181. The molecular formula is C89H159N11O31S3. The zero-order valence-electron chi connectivity index (χ0n) is 81.6. The summed E-state index contributed by atoms with van der Waals surface area (Å²) in [5, 5.41) is 86.8. The molecule has 45 heteroatoms. The number of piperidine rings is 1. The largest absolute Gasteiger partial charge is 0.481 e. The number of aliphatic hydroxyl groups is 5. The number of alkyl carbamates (subject to hydrolysis) is 3. The van der Waals surface area contributed by atoms with Crippen LogP contribution >= 0.6 is 32.9 Å². The van der Waals surface area contributed by atoms with Crippen LogP contribution in [0, 0.1) is 17.8 Å². The van der Waals surface area contributed by atoms with Crippen molar-refractivity contribution in [3.05, 3.63) is 45.9 Å². The third-order valence-electron chi connectivity index (χ3n) is 20.7. The number of aliphatic carboxylic acids is 2. The van der Waals surface area contributed by atoms with Gasteiger partial charge in [0.2, 0.25) is 23.6 Å². The minimum Gasteiger partial charge on any atom is -0.481 e. The number of likely N-dealkylation sites (tertiary alicyclic amines) is 1. The molecule has 2 heterocycles. The number of aromatic nitrogens is 1. The van der Waals surface area contributed by atoms with Crippen molar-refractivity contribution in [2.24, 2.45) is 17.8 Å². The number of carboxylic acid groups (broad SMARTS) is 2. The average Bonchev–Trinajstić information content (AvgIpc) is 1.26. The summed E-state index contributed by atoms with van der Waals surface area (Å²) in [7, 11) is 10.9. The van der Waals surface area contributed by atoms with Gasteiger partial charge >= 0.3 is 36.3 Å². The lowest BCUT2D eigenvalue weighted by atomic mass is 9.92. The van der Waals surface area contributed by atoms with E-state index >= 15 is 0 Å². The number of carbonyl (C=O) groups excluding carboxylic acids is 9. The van der Waals surface area contributed by atoms with Gasteiger partial charge in [-0.2, -0.15) is 0 Å². The molecule has 0 aliphatic carbocycles. The number of hydrogen-bond acceptors (Lipinski definition) is 34. The molecule has 3 rings (SSSR count). The Morgan fingerprint density at radius 2 is 1.04 bits per heavy atom. The summed E-state index contributed by atoms with van der Waals surface area (Å²) in [6.07, 6.45) is 3.57. The Morgan fingerprint density at radius 3 is 1.47 bits per heavy atom. The van der Waals surface area contributed by atoms with E-state index in [1.54, 1.807) is 58.2 Å². The van der Waals surface area contributed by atoms with Crippen LogP contribution in [0.25, 0.3) is 0 Å². The van der Waals surface area contributed by atoms with Gasteiger partial charge in [-0.25, -0.2) is 24.2 Å². The second kappa shape index (κ2) is 78.3. The molecule has 1 aromatic heterocycles. The SMILES string of the molecule is CCC(CO)OC(CO)OC.CCC(CO)OC(COC(=O)NCCC(=O)NCCSSC)OC.CCC(CO)OC(COC(=O)NCCC(=O)O)OC.CCCO[C@H](C[C@H](C(C)C)N(CCC)C(=O)[C@@H](NC(=O)[C@H]1CCCCN1C)[C@@H](C)CC)c1nc(C(=O)N[C@@H](Cc2ccc(OC(=O)NCCCCNC(=O)CCNC(=O)OCC(OC)OC(CC)CO)cc2)C[C@H](C)C(=O)O)cs1. The van der Waals surface area contributed by atoms with Crippen LogP contribution in [0.3, 0.4) is 0 Å². The van der Waals surface area contributed by atoms with Gasteiger partial charge in [0.1, 0.15) is 48.4 Å². The van der Waals surface area contributed by atoms with Crippen LogP contribution in [-0.2, 0) is 92.0 Å². The van der Waals surface area contributed by atoms with Gasteiger partial charge in [0, 0.05) is 123 Å². The first-order valence-corrected chi connectivity index (χ1v) is 49.6. The maximum Gasteiger partial charge on any atom is 0.412 e. The molecule has 1 fully saturated rings. The van der Waals surface area contributed by atoms with E-state index in [4.69, 9.17) is 92.1 Å². The quantitative estimate of drug-likeness (QED) is 0.0134. The zero-order chi connectivity index (χ0) is 101. The summed E-state index contributed by atoms with van der Waals surface area (Å²) in [6.45, 7) is 23.3. The normalized spacial score (nSPS) is 15.6. The molecule has 0 bridgehead atoms. The van der Waals surface area contributed by atoms with Crippen molar-refractivity contribution >= 4 is 98.8 Å². The van der Waals surface area contributed by atoms with E-state index in [0.717, 1.165) is 43.5 Å². The summed E-state index contributed by atoms with van der Waals surface area (Å²) in [5.41, 5.74) is 0.922. The number of nitrogens with zero attached hydrogens (tertiary/aromatic N) is 3. The molecule has 9 amide bonds. The first-order chi connectivity index (χ1) is 64.1. The average molecular weight is 1980 g/mol. The Bertz CT molecular complexity index is 3470. The number of carbonyl (C=O) groups is 11. The molecule has 0 spiro atoms. The molecule has 0 radical (unpaired) electrons. The number of methoxy groups -OCH3 is 4. The minimum absolute atomic E-state index is 0.0130.